The highest BCUT2D eigenvalue weighted by Crippen LogP contribution is 2.20. The van der Waals surface area contributed by atoms with Gasteiger partial charge in [-0.05, 0) is 24.6 Å². The molecule has 0 spiro atoms. The topological polar surface area (TPSA) is 93.9 Å². The summed E-state index contributed by atoms with van der Waals surface area (Å²) in [6.45, 7) is -0.213. The van der Waals surface area contributed by atoms with E-state index in [4.69, 9.17) is 9.15 Å². The lowest BCUT2D eigenvalue weighted by Crippen LogP contribution is -2.40. The van der Waals surface area contributed by atoms with E-state index in [1.54, 1.807) is 31.3 Å². The molecule has 1 aromatic heterocycles. The number of amides is 1. The molecule has 8 heteroatoms. The van der Waals surface area contributed by atoms with Crippen molar-refractivity contribution in [1.29, 1.82) is 0 Å². The van der Waals surface area contributed by atoms with Gasteiger partial charge in [0.05, 0.1) is 11.5 Å². The van der Waals surface area contributed by atoms with E-state index >= 15 is 0 Å². The fourth-order valence-electron chi connectivity index (χ4n) is 2.66. The van der Waals surface area contributed by atoms with Crippen LogP contribution in [0.2, 0.25) is 0 Å². The molecule has 1 aliphatic heterocycles. The van der Waals surface area contributed by atoms with Crippen LogP contribution in [0.1, 0.15) is 6.42 Å². The third kappa shape index (κ3) is 3.59. The van der Waals surface area contributed by atoms with Crippen LogP contribution in [0.3, 0.4) is 0 Å². The molecule has 3 rings (SSSR count). The van der Waals surface area contributed by atoms with Crippen molar-refractivity contribution < 1.29 is 22.4 Å². The maximum atomic E-state index is 12.2. The van der Waals surface area contributed by atoms with Gasteiger partial charge >= 0.3 is 5.63 Å². The van der Waals surface area contributed by atoms with Gasteiger partial charge in [0.25, 0.3) is 5.91 Å². The minimum atomic E-state index is -3.05. The lowest BCUT2D eigenvalue weighted by molar-refractivity contribution is -0.133. The maximum Gasteiger partial charge on any atom is 0.336 e. The van der Waals surface area contributed by atoms with Crippen LogP contribution < -0.4 is 10.4 Å². The third-order valence-electron chi connectivity index (χ3n) is 4.11. The Labute approximate surface area is 138 Å². The summed E-state index contributed by atoms with van der Waals surface area (Å²) in [5.74, 6) is 0.209. The maximum absolute atomic E-state index is 12.2. The molecular weight excluding hydrogens is 334 g/mol. The van der Waals surface area contributed by atoms with Gasteiger partial charge in [-0.25, -0.2) is 13.2 Å². The van der Waals surface area contributed by atoms with Gasteiger partial charge in [-0.1, -0.05) is 0 Å². The van der Waals surface area contributed by atoms with Crippen LogP contribution in [0, 0.1) is 0 Å². The SMILES string of the molecule is CN(C(=O)COc1ccc2ccc(=O)oc2c1)[C@H]1CCS(=O)(=O)C1. The number of carbonyl (C=O) groups is 1. The highest BCUT2D eigenvalue weighted by molar-refractivity contribution is 7.91. The fourth-order valence-corrected chi connectivity index (χ4v) is 4.44. The highest BCUT2D eigenvalue weighted by atomic mass is 32.2. The standard InChI is InChI=1S/C16H17NO6S/c1-17(12-6-7-24(20,21)10-12)15(18)9-22-13-4-2-11-3-5-16(19)23-14(11)8-13/h2-5,8,12H,6-7,9-10H2,1H3/t12-/m0/s1. The van der Waals surface area contributed by atoms with Gasteiger partial charge < -0.3 is 14.1 Å². The van der Waals surface area contributed by atoms with Gasteiger partial charge in [0, 0.05) is 30.6 Å². The summed E-state index contributed by atoms with van der Waals surface area (Å²) >= 11 is 0. The highest BCUT2D eigenvalue weighted by Gasteiger charge is 2.32. The molecule has 1 aliphatic rings. The Balaban J connectivity index is 1.64. The summed E-state index contributed by atoms with van der Waals surface area (Å²) in [6, 6.07) is 7.62. The van der Waals surface area contributed by atoms with Crippen LogP contribution >= 0.6 is 0 Å². The monoisotopic (exact) mass is 351 g/mol. The predicted octanol–water partition coefficient (Wildman–Crippen LogP) is 0.817. The first-order chi connectivity index (χ1) is 11.3. The molecule has 1 fully saturated rings. The quantitative estimate of drug-likeness (QED) is 0.757. The van der Waals surface area contributed by atoms with Crippen molar-refractivity contribution in [3.8, 4) is 5.75 Å². The van der Waals surface area contributed by atoms with Gasteiger partial charge in [-0.15, -0.1) is 0 Å². The average molecular weight is 351 g/mol. The van der Waals surface area contributed by atoms with Gasteiger partial charge in [0.1, 0.15) is 11.3 Å². The smallest absolute Gasteiger partial charge is 0.336 e. The zero-order valence-corrected chi connectivity index (χ0v) is 13.9. The first-order valence-corrected chi connectivity index (χ1v) is 9.29. The molecular formula is C16H17NO6S. The number of carbonyl (C=O) groups excluding carboxylic acids is 1. The van der Waals surface area contributed by atoms with Crippen LogP contribution in [0.5, 0.6) is 5.75 Å². The fraction of sp³-hybridized carbons (Fsp3) is 0.375. The molecule has 128 valence electrons. The molecule has 24 heavy (non-hydrogen) atoms. The Kier molecular flexibility index (Phi) is 4.31. The summed E-state index contributed by atoms with van der Waals surface area (Å²) in [4.78, 5) is 24.8. The van der Waals surface area contributed by atoms with Gasteiger partial charge in [0.2, 0.25) is 0 Å². The summed E-state index contributed by atoms with van der Waals surface area (Å²) in [6.07, 6.45) is 0.450. The molecule has 0 bridgehead atoms. The lowest BCUT2D eigenvalue weighted by atomic mass is 10.2. The molecule has 1 aromatic carbocycles. The van der Waals surface area contributed by atoms with Gasteiger partial charge in [-0.3, -0.25) is 4.79 Å². The van der Waals surface area contributed by atoms with Crippen molar-refractivity contribution >= 4 is 26.7 Å². The number of hydrogen-bond acceptors (Lipinski definition) is 6. The largest absolute Gasteiger partial charge is 0.484 e. The normalized spacial score (nSPS) is 19.3. The third-order valence-corrected chi connectivity index (χ3v) is 5.86. The van der Waals surface area contributed by atoms with Crippen LogP contribution in [-0.4, -0.2) is 50.4 Å². The van der Waals surface area contributed by atoms with Crippen molar-refractivity contribution in [2.75, 3.05) is 25.2 Å². The molecule has 1 amide bonds. The number of nitrogens with zero attached hydrogens (tertiary/aromatic N) is 1. The molecule has 0 aliphatic carbocycles. The molecule has 2 aromatic rings. The second-order valence-corrected chi connectivity index (χ2v) is 8.03. The van der Waals surface area contributed by atoms with Crippen LogP contribution in [0.25, 0.3) is 11.0 Å². The van der Waals surface area contributed by atoms with E-state index in [2.05, 4.69) is 0 Å². The van der Waals surface area contributed by atoms with Crippen LogP contribution in [0.15, 0.2) is 39.5 Å². The first kappa shape index (κ1) is 16.5. The Bertz CT molecular complexity index is 933. The zero-order valence-electron chi connectivity index (χ0n) is 13.1. The minimum absolute atomic E-state index is 0.00360. The zero-order chi connectivity index (χ0) is 17.3. The van der Waals surface area contributed by atoms with E-state index in [-0.39, 0.29) is 30.1 Å². The Morgan fingerprint density at radius 3 is 2.79 bits per heavy atom. The number of rotatable bonds is 4. The summed E-state index contributed by atoms with van der Waals surface area (Å²) in [7, 11) is -1.47. The Morgan fingerprint density at radius 2 is 2.08 bits per heavy atom. The average Bonchev–Trinajstić information content (AvgIpc) is 2.91. The molecule has 1 atom stereocenters. The van der Waals surface area contributed by atoms with Crippen molar-refractivity contribution in [3.05, 3.63) is 40.8 Å². The molecule has 0 N–H and O–H groups in total. The summed E-state index contributed by atoms with van der Waals surface area (Å²) in [5.41, 5.74) is -0.0828. The second kappa shape index (κ2) is 6.27. The van der Waals surface area contributed by atoms with E-state index in [0.29, 0.717) is 17.8 Å². The van der Waals surface area contributed by atoms with Crippen molar-refractivity contribution in [1.82, 2.24) is 4.90 Å². The summed E-state index contributed by atoms with van der Waals surface area (Å²) in [5, 5.41) is 0.751. The molecule has 2 heterocycles. The van der Waals surface area contributed by atoms with Crippen LogP contribution in [0.4, 0.5) is 0 Å². The molecule has 7 nitrogen and oxygen atoms in total. The van der Waals surface area contributed by atoms with Crippen molar-refractivity contribution in [2.24, 2.45) is 0 Å². The number of fused-ring (bicyclic) bond motifs is 1. The molecule has 1 saturated heterocycles. The van der Waals surface area contributed by atoms with E-state index in [1.807, 2.05) is 0 Å². The lowest BCUT2D eigenvalue weighted by Gasteiger charge is -2.23. The molecule has 0 unspecified atom stereocenters. The Morgan fingerprint density at radius 1 is 1.33 bits per heavy atom. The van der Waals surface area contributed by atoms with Crippen molar-refractivity contribution in [2.45, 2.75) is 12.5 Å². The number of ether oxygens (including phenoxy) is 1. The van der Waals surface area contributed by atoms with Gasteiger partial charge in [-0.2, -0.15) is 0 Å². The molecule has 0 saturated carbocycles. The van der Waals surface area contributed by atoms with E-state index in [1.165, 1.54) is 11.0 Å². The number of benzene rings is 1. The van der Waals surface area contributed by atoms with Crippen molar-refractivity contribution in [3.63, 3.8) is 0 Å². The number of sulfone groups is 1. The van der Waals surface area contributed by atoms with Crippen LogP contribution in [-0.2, 0) is 14.6 Å². The second-order valence-electron chi connectivity index (χ2n) is 5.80. The summed E-state index contributed by atoms with van der Waals surface area (Å²) < 4.78 is 33.5. The van der Waals surface area contributed by atoms with E-state index in [0.717, 1.165) is 5.39 Å². The minimum Gasteiger partial charge on any atom is -0.484 e. The van der Waals surface area contributed by atoms with E-state index in [9.17, 15) is 18.0 Å². The Hall–Kier alpha value is -2.35. The van der Waals surface area contributed by atoms with Gasteiger partial charge in [0.15, 0.2) is 16.4 Å². The number of likely N-dealkylation sites (N-methyl/N-ethyl adjacent to an activating group) is 1. The first-order valence-electron chi connectivity index (χ1n) is 7.47. The number of hydrogen-bond donors (Lipinski definition) is 0. The predicted molar refractivity (Wildman–Crippen MR) is 87.8 cm³/mol. The molecule has 0 radical (unpaired) electrons. The van der Waals surface area contributed by atoms with E-state index < -0.39 is 15.5 Å².